The average Bonchev–Trinajstić information content (AvgIpc) is 2.49. The fourth-order valence-corrected chi connectivity index (χ4v) is 3.34. The zero-order valence-corrected chi connectivity index (χ0v) is 14.4. The summed E-state index contributed by atoms with van der Waals surface area (Å²) in [5, 5.41) is 18.5. The van der Waals surface area contributed by atoms with Gasteiger partial charge < -0.3 is 15.7 Å². The standard InChI is InChI=1S/C15H20ClN3O3S/c1-3-11-13(21)18-15(19-14(11)22)23-8(2)12(20)17-10-6-4-9(16)5-7-10/h4-8,11,13,15,18,21H,3H2,1-2H3,(H,17,20)(H,19,22). The highest BCUT2D eigenvalue weighted by Gasteiger charge is 2.35. The molecule has 23 heavy (non-hydrogen) atoms. The van der Waals surface area contributed by atoms with Crippen LogP contribution in [0.1, 0.15) is 20.3 Å². The van der Waals surface area contributed by atoms with Crippen molar-refractivity contribution in [1.29, 1.82) is 0 Å². The number of hydrogen-bond acceptors (Lipinski definition) is 5. The van der Waals surface area contributed by atoms with Crippen LogP contribution in [0.3, 0.4) is 0 Å². The van der Waals surface area contributed by atoms with Crippen molar-refractivity contribution >= 4 is 40.9 Å². The number of carbonyl (C=O) groups is 2. The lowest BCUT2D eigenvalue weighted by molar-refractivity contribution is -0.133. The zero-order valence-electron chi connectivity index (χ0n) is 12.9. The number of carbonyl (C=O) groups excluding carboxylic acids is 2. The van der Waals surface area contributed by atoms with E-state index in [1.54, 1.807) is 31.2 Å². The average molecular weight is 358 g/mol. The quantitative estimate of drug-likeness (QED) is 0.644. The van der Waals surface area contributed by atoms with Crippen molar-refractivity contribution in [3.8, 4) is 0 Å². The summed E-state index contributed by atoms with van der Waals surface area (Å²) in [5.41, 5.74) is 0.143. The van der Waals surface area contributed by atoms with Gasteiger partial charge >= 0.3 is 0 Å². The number of nitrogens with one attached hydrogen (secondary N) is 3. The lowest BCUT2D eigenvalue weighted by Gasteiger charge is -2.34. The van der Waals surface area contributed by atoms with Gasteiger partial charge in [0.05, 0.1) is 11.2 Å². The number of thioether (sulfide) groups is 1. The second-order valence-electron chi connectivity index (χ2n) is 5.29. The molecule has 4 unspecified atom stereocenters. The van der Waals surface area contributed by atoms with Crippen LogP contribution >= 0.6 is 23.4 Å². The van der Waals surface area contributed by atoms with Crippen LogP contribution in [0.15, 0.2) is 24.3 Å². The maximum Gasteiger partial charge on any atom is 0.237 e. The number of rotatable bonds is 5. The Morgan fingerprint density at radius 2 is 2.09 bits per heavy atom. The summed E-state index contributed by atoms with van der Waals surface area (Å²) < 4.78 is 0. The van der Waals surface area contributed by atoms with E-state index >= 15 is 0 Å². The summed E-state index contributed by atoms with van der Waals surface area (Å²) in [6.45, 7) is 3.58. The summed E-state index contributed by atoms with van der Waals surface area (Å²) in [5.74, 6) is -0.868. The van der Waals surface area contributed by atoms with Gasteiger partial charge in [-0.3, -0.25) is 14.9 Å². The van der Waals surface area contributed by atoms with Crippen molar-refractivity contribution < 1.29 is 14.7 Å². The Labute approximate surface area is 144 Å². The van der Waals surface area contributed by atoms with Gasteiger partial charge in [0.2, 0.25) is 11.8 Å². The molecule has 1 aliphatic rings. The molecule has 0 radical (unpaired) electrons. The van der Waals surface area contributed by atoms with Gasteiger partial charge in [-0.25, -0.2) is 0 Å². The second kappa shape index (κ2) is 8.01. The summed E-state index contributed by atoms with van der Waals surface area (Å²) >= 11 is 7.03. The molecule has 6 nitrogen and oxygen atoms in total. The van der Waals surface area contributed by atoms with E-state index in [0.29, 0.717) is 17.1 Å². The Morgan fingerprint density at radius 1 is 1.43 bits per heavy atom. The van der Waals surface area contributed by atoms with Gasteiger partial charge in [-0.2, -0.15) is 0 Å². The predicted octanol–water partition coefficient (Wildman–Crippen LogP) is 1.75. The van der Waals surface area contributed by atoms with Gasteiger partial charge in [0, 0.05) is 10.7 Å². The molecule has 0 aliphatic carbocycles. The number of amides is 2. The van der Waals surface area contributed by atoms with Crippen molar-refractivity contribution in [2.24, 2.45) is 5.92 Å². The second-order valence-corrected chi connectivity index (χ2v) is 7.18. The molecule has 0 bridgehead atoms. The number of halogens is 1. The summed E-state index contributed by atoms with van der Waals surface area (Å²) in [6, 6.07) is 6.82. The van der Waals surface area contributed by atoms with Gasteiger partial charge in [0.1, 0.15) is 11.7 Å². The highest BCUT2D eigenvalue weighted by molar-refractivity contribution is 8.01. The molecule has 1 aromatic rings. The third-order valence-electron chi connectivity index (χ3n) is 3.57. The molecule has 1 aliphatic heterocycles. The lowest BCUT2D eigenvalue weighted by Crippen LogP contribution is -2.60. The monoisotopic (exact) mass is 357 g/mol. The topological polar surface area (TPSA) is 90.5 Å². The van der Waals surface area contributed by atoms with Gasteiger partial charge in [-0.05, 0) is 37.6 Å². The third kappa shape index (κ3) is 4.84. The fraction of sp³-hybridized carbons (Fsp3) is 0.467. The summed E-state index contributed by atoms with van der Waals surface area (Å²) in [7, 11) is 0. The molecule has 0 aromatic heterocycles. The first-order valence-corrected chi connectivity index (χ1v) is 8.69. The number of aliphatic hydroxyl groups excluding tert-OH is 1. The minimum Gasteiger partial charge on any atom is -0.378 e. The van der Waals surface area contributed by atoms with E-state index in [1.165, 1.54) is 11.8 Å². The van der Waals surface area contributed by atoms with Crippen LogP contribution in [0.2, 0.25) is 5.02 Å². The number of benzene rings is 1. The summed E-state index contributed by atoms with van der Waals surface area (Å²) in [6.07, 6.45) is -0.359. The van der Waals surface area contributed by atoms with E-state index in [4.69, 9.17) is 11.6 Å². The number of aliphatic hydroxyl groups is 1. The molecule has 2 amide bonds. The summed E-state index contributed by atoms with van der Waals surface area (Å²) in [4.78, 5) is 24.1. The number of anilines is 1. The largest absolute Gasteiger partial charge is 0.378 e. The van der Waals surface area contributed by atoms with Crippen molar-refractivity contribution in [3.63, 3.8) is 0 Å². The first-order valence-electron chi connectivity index (χ1n) is 7.37. The van der Waals surface area contributed by atoms with E-state index in [2.05, 4.69) is 16.0 Å². The lowest BCUT2D eigenvalue weighted by atomic mass is 10.0. The Morgan fingerprint density at radius 3 is 2.65 bits per heavy atom. The maximum atomic E-state index is 12.2. The van der Waals surface area contributed by atoms with Gasteiger partial charge in [0.15, 0.2) is 0 Å². The molecule has 1 aromatic carbocycles. The molecule has 1 heterocycles. The third-order valence-corrected chi connectivity index (χ3v) is 4.97. The minimum atomic E-state index is -0.905. The van der Waals surface area contributed by atoms with Crippen molar-refractivity contribution in [2.45, 2.75) is 37.2 Å². The van der Waals surface area contributed by atoms with Crippen molar-refractivity contribution in [2.75, 3.05) is 5.32 Å². The first kappa shape index (κ1) is 18.1. The van der Waals surface area contributed by atoms with E-state index in [-0.39, 0.29) is 11.8 Å². The molecule has 1 saturated heterocycles. The highest BCUT2D eigenvalue weighted by atomic mass is 35.5. The Kier molecular flexibility index (Phi) is 6.29. The Hall–Kier alpha value is -1.28. The van der Waals surface area contributed by atoms with Crippen LogP contribution < -0.4 is 16.0 Å². The predicted molar refractivity (Wildman–Crippen MR) is 92.0 cm³/mol. The fourth-order valence-electron chi connectivity index (χ4n) is 2.22. The smallest absolute Gasteiger partial charge is 0.237 e. The molecule has 1 fully saturated rings. The minimum absolute atomic E-state index is 0.194. The maximum absolute atomic E-state index is 12.2. The van der Waals surface area contributed by atoms with Crippen LogP contribution in [-0.2, 0) is 9.59 Å². The van der Waals surface area contributed by atoms with Crippen LogP contribution in [-0.4, -0.2) is 33.9 Å². The van der Waals surface area contributed by atoms with Crippen molar-refractivity contribution in [3.05, 3.63) is 29.3 Å². The normalized spacial score (nSPS) is 25.6. The highest BCUT2D eigenvalue weighted by Crippen LogP contribution is 2.22. The van der Waals surface area contributed by atoms with Crippen LogP contribution in [0.5, 0.6) is 0 Å². The molecule has 4 atom stereocenters. The van der Waals surface area contributed by atoms with Crippen LogP contribution in [0.4, 0.5) is 5.69 Å². The van der Waals surface area contributed by atoms with Gasteiger partial charge in [0.25, 0.3) is 0 Å². The van der Waals surface area contributed by atoms with Gasteiger partial charge in [-0.1, -0.05) is 18.5 Å². The van der Waals surface area contributed by atoms with Gasteiger partial charge in [-0.15, -0.1) is 11.8 Å². The molecule has 2 rings (SSSR count). The van der Waals surface area contributed by atoms with Crippen molar-refractivity contribution in [1.82, 2.24) is 10.6 Å². The Balaban J connectivity index is 1.88. The zero-order chi connectivity index (χ0) is 17.0. The SMILES string of the molecule is CCC1C(=O)NC(SC(C)C(=O)Nc2ccc(Cl)cc2)NC1O. The van der Waals surface area contributed by atoms with Crippen LogP contribution in [0.25, 0.3) is 0 Å². The molecular weight excluding hydrogens is 338 g/mol. The van der Waals surface area contributed by atoms with Crippen LogP contribution in [0, 0.1) is 5.92 Å². The first-order chi connectivity index (χ1) is 10.9. The van der Waals surface area contributed by atoms with E-state index in [1.807, 2.05) is 6.92 Å². The molecular formula is C15H20ClN3O3S. The Bertz CT molecular complexity index is 570. The van der Waals surface area contributed by atoms with E-state index < -0.39 is 22.9 Å². The van der Waals surface area contributed by atoms with E-state index in [9.17, 15) is 14.7 Å². The molecule has 0 saturated carbocycles. The number of hydrogen-bond donors (Lipinski definition) is 4. The van der Waals surface area contributed by atoms with E-state index in [0.717, 1.165) is 0 Å². The molecule has 4 N–H and O–H groups in total. The molecule has 8 heteroatoms. The molecule has 0 spiro atoms. The molecule has 126 valence electrons.